The van der Waals surface area contributed by atoms with Crippen LogP contribution in [0, 0.1) is 27.7 Å². The first-order chi connectivity index (χ1) is 37.3. The molecule has 12 rings (SSSR count). The largest absolute Gasteiger partial charge is 4.00 e. The van der Waals surface area contributed by atoms with Gasteiger partial charge in [-0.3, -0.25) is 0 Å². The van der Waals surface area contributed by atoms with E-state index in [0.717, 1.165) is 106 Å². The van der Waals surface area contributed by atoms with Crippen LogP contribution in [0.15, 0.2) is 231 Å². The predicted octanol–water partition coefficient (Wildman–Crippen LogP) is 20.3. The normalized spacial score (nSPS) is 10.6. The molecule has 0 atom stereocenters. The smallest absolute Gasteiger partial charge is 0.656 e. The maximum absolute atomic E-state index is 5.18. The van der Waals surface area contributed by atoms with Gasteiger partial charge in [0.25, 0.3) is 0 Å². The van der Waals surface area contributed by atoms with Crippen molar-refractivity contribution >= 4 is 66.4 Å². The molecule has 0 spiro atoms. The zero-order chi connectivity index (χ0) is 52.6. The Morgan fingerprint density at radius 1 is 0.377 bits per heavy atom. The molecule has 0 aliphatic carbocycles. The van der Waals surface area contributed by atoms with Crippen LogP contribution in [0.2, 0.25) is 0 Å². The van der Waals surface area contributed by atoms with E-state index in [1.165, 1.54) is 43.8 Å². The number of fused-ring (bicyclic) bond motifs is 4. The van der Waals surface area contributed by atoms with Crippen LogP contribution >= 0.6 is 0 Å². The van der Waals surface area contributed by atoms with E-state index in [0.29, 0.717) is 0 Å². The molecule has 380 valence electrons. The molecule has 0 amide bonds. The monoisotopic (exact) mass is 1080 g/mol. The van der Waals surface area contributed by atoms with Crippen molar-refractivity contribution in [3.63, 3.8) is 0 Å². The fraction of sp³-hybridized carbons (Fsp3) is 0.143. The molecule has 12 aromatic rings. The summed E-state index contributed by atoms with van der Waals surface area (Å²) in [5, 5.41) is 14.9. The average Bonchev–Trinajstić information content (AvgIpc) is 4.16. The third-order valence-electron chi connectivity index (χ3n) is 13.4. The van der Waals surface area contributed by atoms with E-state index in [1.54, 1.807) is 0 Å². The van der Waals surface area contributed by atoms with Crippen molar-refractivity contribution in [3.05, 3.63) is 277 Å². The molecule has 0 aliphatic rings. The van der Waals surface area contributed by atoms with Crippen LogP contribution in [0.1, 0.15) is 61.8 Å². The molecule has 0 N–H and O–H groups in total. The van der Waals surface area contributed by atoms with Gasteiger partial charge in [-0.1, -0.05) is 208 Å². The van der Waals surface area contributed by atoms with Crippen LogP contribution in [0.4, 0.5) is 22.7 Å². The van der Waals surface area contributed by atoms with E-state index in [4.69, 9.17) is 20.6 Å². The standard InChI is InChI=1S/2C28H26N3.2C7H7.Zr/c2*1-3-4-19-31-26-18-10-17-25(29-24-16-8-5-11-20(24)2)27(26)30-28(31)23-15-9-13-21-12-6-7-14-22(21)23;2*1-7-5-3-2-4-6-7;/h2*5-18H,3-4,19H2,1-2H3;2*2-6H,1H2;/q4*-1;+4. The fourth-order valence-corrected chi connectivity index (χ4v) is 9.38. The molecule has 0 bridgehead atoms. The minimum Gasteiger partial charge on any atom is -0.656 e. The Morgan fingerprint density at radius 2 is 0.714 bits per heavy atom. The Hall–Kier alpha value is -8.12. The number of hydrogen-bond acceptors (Lipinski definition) is 2. The second kappa shape index (κ2) is 27.1. The molecule has 7 heteroatoms. The number of rotatable bonds is 12. The van der Waals surface area contributed by atoms with Gasteiger partial charge in [0.1, 0.15) is 11.6 Å². The Labute approximate surface area is 475 Å². The van der Waals surface area contributed by atoms with Gasteiger partial charge in [0.15, 0.2) is 0 Å². The van der Waals surface area contributed by atoms with Gasteiger partial charge in [-0.15, -0.1) is 47.0 Å². The van der Waals surface area contributed by atoms with Gasteiger partial charge in [-0.2, -0.15) is 49.2 Å². The van der Waals surface area contributed by atoms with Gasteiger partial charge in [0.05, 0.1) is 22.1 Å². The van der Waals surface area contributed by atoms with Crippen LogP contribution < -0.4 is 0 Å². The first kappa shape index (κ1) is 55.1. The van der Waals surface area contributed by atoms with Gasteiger partial charge in [-0.25, -0.2) is 9.97 Å². The van der Waals surface area contributed by atoms with Crippen molar-refractivity contribution in [1.82, 2.24) is 19.1 Å². The third-order valence-corrected chi connectivity index (χ3v) is 13.4. The van der Waals surface area contributed by atoms with Gasteiger partial charge < -0.3 is 19.8 Å². The van der Waals surface area contributed by atoms with Crippen LogP contribution in [0.25, 0.3) is 77.0 Å². The number of aromatic nitrogens is 4. The third kappa shape index (κ3) is 13.5. The molecular formula is C70H66N6Zr. The van der Waals surface area contributed by atoms with Crippen molar-refractivity contribution in [2.24, 2.45) is 0 Å². The summed E-state index contributed by atoms with van der Waals surface area (Å²) < 4.78 is 4.74. The molecule has 0 aliphatic heterocycles. The van der Waals surface area contributed by atoms with Crippen molar-refractivity contribution in [3.8, 4) is 22.8 Å². The number of nitrogens with zero attached hydrogens (tertiary/aromatic N) is 6. The predicted molar refractivity (Wildman–Crippen MR) is 325 cm³/mol. The van der Waals surface area contributed by atoms with Gasteiger partial charge in [-0.05, 0) is 60.4 Å². The SMILES string of the molecule is CCCCn1c(-c2cccc3ccccc23)nc2c([N-]c3ccccc3C)cccc21.CCCCn1c(-c2cccc3ccccc23)nc2c([N-]c3ccccc3C)cccc21.[CH2-]c1ccccc1.[CH2-]c1ccccc1.[Zr+4]. The first-order valence-corrected chi connectivity index (χ1v) is 26.5. The number of benzene rings is 10. The van der Waals surface area contributed by atoms with Crippen molar-refractivity contribution < 1.29 is 26.2 Å². The van der Waals surface area contributed by atoms with Gasteiger partial charge >= 0.3 is 26.2 Å². The summed E-state index contributed by atoms with van der Waals surface area (Å²) in [6.07, 6.45) is 4.51. The van der Waals surface area contributed by atoms with Crippen molar-refractivity contribution in [2.45, 2.75) is 66.5 Å². The number of unbranched alkanes of at least 4 members (excludes halogenated alkanes) is 2. The summed E-state index contributed by atoms with van der Waals surface area (Å²) in [6, 6.07) is 78.9. The number of aryl methyl sites for hydroxylation is 4. The average molecular weight is 1080 g/mol. The molecule has 0 saturated heterocycles. The first-order valence-electron chi connectivity index (χ1n) is 26.5. The molecule has 0 saturated carbocycles. The topological polar surface area (TPSA) is 63.8 Å². The minimum absolute atomic E-state index is 0. The van der Waals surface area contributed by atoms with Crippen molar-refractivity contribution in [2.75, 3.05) is 0 Å². The van der Waals surface area contributed by atoms with Crippen LogP contribution in [0.3, 0.4) is 0 Å². The van der Waals surface area contributed by atoms with E-state index < -0.39 is 0 Å². The van der Waals surface area contributed by atoms with E-state index in [2.05, 4.69) is 196 Å². The second-order valence-electron chi connectivity index (χ2n) is 19.0. The Balaban J connectivity index is 0.000000161. The summed E-state index contributed by atoms with van der Waals surface area (Å²) >= 11 is 0. The quantitative estimate of drug-likeness (QED) is 0.114. The Bertz CT molecular complexity index is 3540. The molecule has 2 heterocycles. The Kier molecular flexibility index (Phi) is 19.4. The van der Waals surface area contributed by atoms with E-state index in [1.807, 2.05) is 84.9 Å². The molecule has 10 aromatic carbocycles. The van der Waals surface area contributed by atoms with E-state index in [9.17, 15) is 0 Å². The van der Waals surface area contributed by atoms with Crippen LogP contribution in [0.5, 0.6) is 0 Å². The minimum atomic E-state index is 0. The molecule has 2 aromatic heterocycles. The fourth-order valence-electron chi connectivity index (χ4n) is 9.38. The van der Waals surface area contributed by atoms with E-state index in [-0.39, 0.29) is 26.2 Å². The second-order valence-corrected chi connectivity index (χ2v) is 19.0. The molecule has 77 heavy (non-hydrogen) atoms. The number of para-hydroxylation sites is 4. The maximum Gasteiger partial charge on any atom is 4.00 e. The summed E-state index contributed by atoms with van der Waals surface area (Å²) in [7, 11) is 0. The number of hydrogen-bond donors (Lipinski definition) is 0. The Morgan fingerprint density at radius 3 is 1.09 bits per heavy atom. The zero-order valence-corrected chi connectivity index (χ0v) is 47.2. The molecule has 6 nitrogen and oxygen atoms in total. The molecule has 0 fully saturated rings. The molecule has 0 unspecified atom stereocenters. The summed E-state index contributed by atoms with van der Waals surface area (Å²) in [5.41, 5.74) is 14.9. The van der Waals surface area contributed by atoms with Gasteiger partial charge in [0.2, 0.25) is 0 Å². The van der Waals surface area contributed by atoms with Crippen LogP contribution in [-0.4, -0.2) is 19.1 Å². The zero-order valence-electron chi connectivity index (χ0n) is 44.8. The summed E-state index contributed by atoms with van der Waals surface area (Å²) in [6.45, 7) is 18.0. The van der Waals surface area contributed by atoms with Gasteiger partial charge in [0, 0.05) is 24.2 Å². The summed E-state index contributed by atoms with van der Waals surface area (Å²) in [5.74, 6) is 2.04. The van der Waals surface area contributed by atoms with Crippen molar-refractivity contribution in [1.29, 1.82) is 0 Å². The maximum atomic E-state index is 5.18. The van der Waals surface area contributed by atoms with E-state index >= 15 is 0 Å². The molecule has 0 radical (unpaired) electrons. The van der Waals surface area contributed by atoms with Crippen LogP contribution in [-0.2, 0) is 39.3 Å². The number of imidazole rings is 2. The molecular weight excluding hydrogens is 1020 g/mol. The summed E-state index contributed by atoms with van der Waals surface area (Å²) in [4.78, 5) is 10.4.